The van der Waals surface area contributed by atoms with Crippen LogP contribution in [0, 0.1) is 0 Å². The van der Waals surface area contributed by atoms with E-state index in [-0.39, 0.29) is 19.0 Å². The fourth-order valence-electron chi connectivity index (χ4n) is 1.34. The first kappa shape index (κ1) is 22.0. The Morgan fingerprint density at radius 3 is 2.14 bits per heavy atom. The molecule has 3 N–H and O–H groups in total. The van der Waals surface area contributed by atoms with Crippen LogP contribution < -0.4 is 5.32 Å². The maximum atomic E-state index is 10.6. The van der Waals surface area contributed by atoms with Crippen molar-refractivity contribution in [2.45, 2.75) is 19.8 Å². The Kier molecular flexibility index (Phi) is 14.3. The smallest absolute Gasteiger partial charge is 0.335 e. The number of hydrogen-bond acceptors (Lipinski definition) is 4. The molecule has 0 atom stereocenters. The van der Waals surface area contributed by atoms with Crippen LogP contribution in [0.3, 0.4) is 0 Å². The van der Waals surface area contributed by atoms with E-state index in [9.17, 15) is 4.79 Å². The van der Waals surface area contributed by atoms with Crippen molar-refractivity contribution in [3.05, 3.63) is 29.8 Å². The predicted molar refractivity (Wildman–Crippen MR) is 89.7 cm³/mol. The molecular weight excluding hydrogens is 292 g/mol. The van der Waals surface area contributed by atoms with Gasteiger partial charge in [0.1, 0.15) is 0 Å². The number of nitrogens with one attached hydrogen (secondary N) is 1. The van der Waals surface area contributed by atoms with Crippen LogP contribution in [0.15, 0.2) is 24.3 Å². The highest BCUT2D eigenvalue weighted by molar-refractivity contribution is 5.88. The Hall–Kier alpha value is -1.30. The molecule has 0 radical (unpaired) electrons. The molecule has 0 aliphatic carbocycles. The summed E-state index contributed by atoms with van der Waals surface area (Å²) in [7, 11) is 3.85. The Labute approximate surface area is 133 Å². The summed E-state index contributed by atoms with van der Waals surface area (Å²) in [6.07, 6.45) is 2.28. The van der Waals surface area contributed by atoms with Crippen LogP contribution in [0.25, 0.3) is 0 Å². The third-order valence-electron chi connectivity index (χ3n) is 2.54. The normalized spacial score (nSPS) is 9.38. The van der Waals surface area contributed by atoms with Crippen LogP contribution in [0.5, 0.6) is 0 Å². The summed E-state index contributed by atoms with van der Waals surface area (Å²) in [5, 5.41) is 20.1. The van der Waals surface area contributed by atoms with Crippen molar-refractivity contribution >= 4 is 24.1 Å². The number of aromatic carboxylic acids is 1. The zero-order valence-corrected chi connectivity index (χ0v) is 13.8. The SMILES string of the molecule is CCCCNc1ccc(C(=O)O)cc1.CN(C)CCO.Cl. The molecular formula is C15H27ClN2O3. The van der Waals surface area contributed by atoms with Gasteiger partial charge in [-0.3, -0.25) is 0 Å². The fraction of sp³-hybridized carbons (Fsp3) is 0.533. The Morgan fingerprint density at radius 2 is 1.81 bits per heavy atom. The van der Waals surface area contributed by atoms with E-state index in [1.807, 2.05) is 19.0 Å². The van der Waals surface area contributed by atoms with Gasteiger partial charge in [0.25, 0.3) is 0 Å². The van der Waals surface area contributed by atoms with Crippen LogP contribution in [0.1, 0.15) is 30.1 Å². The standard InChI is InChI=1S/C11H15NO2.C4H11NO.ClH/c1-2-3-8-12-10-6-4-9(5-7-10)11(13)14;1-5(2)3-4-6;/h4-7,12H,2-3,8H2,1H3,(H,13,14);6H,3-4H2,1-2H3;1H. The van der Waals surface area contributed by atoms with Gasteiger partial charge in [0.2, 0.25) is 0 Å². The first-order valence-corrected chi connectivity index (χ1v) is 6.84. The van der Waals surface area contributed by atoms with Crippen molar-refractivity contribution in [2.24, 2.45) is 0 Å². The quantitative estimate of drug-likeness (QED) is 0.674. The average Bonchev–Trinajstić information content (AvgIpc) is 2.40. The highest BCUT2D eigenvalue weighted by atomic mass is 35.5. The van der Waals surface area contributed by atoms with Crippen LogP contribution >= 0.6 is 12.4 Å². The number of aliphatic hydroxyl groups excluding tert-OH is 1. The van der Waals surface area contributed by atoms with E-state index in [4.69, 9.17) is 10.2 Å². The lowest BCUT2D eigenvalue weighted by molar-refractivity contribution is 0.0697. The third kappa shape index (κ3) is 12.2. The lowest BCUT2D eigenvalue weighted by Crippen LogP contribution is -2.15. The molecule has 1 aromatic carbocycles. The minimum Gasteiger partial charge on any atom is -0.478 e. The number of halogens is 1. The number of benzene rings is 1. The second-order valence-corrected chi connectivity index (χ2v) is 4.69. The molecule has 0 bridgehead atoms. The molecule has 0 saturated heterocycles. The maximum Gasteiger partial charge on any atom is 0.335 e. The number of carbonyl (C=O) groups is 1. The second-order valence-electron chi connectivity index (χ2n) is 4.69. The number of unbranched alkanes of at least 4 members (excludes halogenated alkanes) is 1. The Balaban J connectivity index is 0. The molecule has 0 fully saturated rings. The molecule has 0 aromatic heterocycles. The highest BCUT2D eigenvalue weighted by Gasteiger charge is 2.00. The topological polar surface area (TPSA) is 72.8 Å². The van der Waals surface area contributed by atoms with Gasteiger partial charge in [-0.25, -0.2) is 4.79 Å². The predicted octanol–water partition coefficient (Wildman–Crippen LogP) is 2.56. The van der Waals surface area contributed by atoms with Gasteiger partial charge in [-0.15, -0.1) is 12.4 Å². The molecule has 6 heteroatoms. The lowest BCUT2D eigenvalue weighted by atomic mass is 10.2. The molecule has 0 saturated carbocycles. The van der Waals surface area contributed by atoms with Crippen molar-refractivity contribution in [3.63, 3.8) is 0 Å². The lowest BCUT2D eigenvalue weighted by Gasteiger charge is -2.04. The van der Waals surface area contributed by atoms with Crippen LogP contribution in [0.4, 0.5) is 5.69 Å². The minimum absolute atomic E-state index is 0. The molecule has 21 heavy (non-hydrogen) atoms. The zero-order chi connectivity index (χ0) is 15.4. The number of hydrogen-bond donors (Lipinski definition) is 3. The molecule has 0 spiro atoms. The number of carboxylic acids is 1. The number of anilines is 1. The van der Waals surface area contributed by atoms with Crippen molar-refractivity contribution < 1.29 is 15.0 Å². The maximum absolute atomic E-state index is 10.6. The summed E-state index contributed by atoms with van der Waals surface area (Å²) in [6.45, 7) is 4.09. The van der Waals surface area contributed by atoms with Crippen LogP contribution in [0.2, 0.25) is 0 Å². The van der Waals surface area contributed by atoms with E-state index in [0.717, 1.165) is 31.6 Å². The van der Waals surface area contributed by atoms with Gasteiger partial charge in [-0.1, -0.05) is 13.3 Å². The van der Waals surface area contributed by atoms with Gasteiger partial charge in [0.15, 0.2) is 0 Å². The Bertz CT molecular complexity index is 370. The van der Waals surface area contributed by atoms with Crippen LogP contribution in [-0.2, 0) is 0 Å². The van der Waals surface area contributed by atoms with Crippen molar-refractivity contribution in [1.29, 1.82) is 0 Å². The van der Waals surface area contributed by atoms with Gasteiger partial charge in [-0.2, -0.15) is 0 Å². The fourth-order valence-corrected chi connectivity index (χ4v) is 1.34. The molecule has 1 rings (SSSR count). The number of carboxylic acid groups (broad SMARTS) is 1. The molecule has 0 amide bonds. The summed E-state index contributed by atoms with van der Waals surface area (Å²) in [5.74, 6) is -0.884. The molecule has 1 aromatic rings. The summed E-state index contributed by atoms with van der Waals surface area (Å²) < 4.78 is 0. The Morgan fingerprint density at radius 1 is 1.24 bits per heavy atom. The summed E-state index contributed by atoms with van der Waals surface area (Å²) in [5.41, 5.74) is 1.30. The van der Waals surface area contributed by atoms with E-state index in [1.165, 1.54) is 0 Å². The van der Waals surface area contributed by atoms with E-state index < -0.39 is 5.97 Å². The van der Waals surface area contributed by atoms with Crippen molar-refractivity contribution in [1.82, 2.24) is 4.90 Å². The number of nitrogens with zero attached hydrogens (tertiary/aromatic N) is 1. The zero-order valence-electron chi connectivity index (χ0n) is 13.0. The minimum atomic E-state index is -0.884. The van der Waals surface area contributed by atoms with Gasteiger partial charge in [-0.05, 0) is 44.8 Å². The average molecular weight is 319 g/mol. The highest BCUT2D eigenvalue weighted by Crippen LogP contribution is 2.09. The third-order valence-corrected chi connectivity index (χ3v) is 2.54. The van der Waals surface area contributed by atoms with Gasteiger partial charge in [0, 0.05) is 18.8 Å². The summed E-state index contributed by atoms with van der Waals surface area (Å²) >= 11 is 0. The van der Waals surface area contributed by atoms with Gasteiger partial charge < -0.3 is 20.4 Å². The molecule has 0 aliphatic heterocycles. The van der Waals surface area contributed by atoms with Crippen LogP contribution in [-0.4, -0.2) is 54.9 Å². The van der Waals surface area contributed by atoms with Crippen molar-refractivity contribution in [3.8, 4) is 0 Å². The van der Waals surface area contributed by atoms with E-state index in [1.54, 1.807) is 24.3 Å². The summed E-state index contributed by atoms with van der Waals surface area (Å²) in [6, 6.07) is 6.80. The van der Waals surface area contributed by atoms with Crippen molar-refractivity contribution in [2.75, 3.05) is 39.1 Å². The molecule has 0 heterocycles. The van der Waals surface area contributed by atoms with Gasteiger partial charge in [0.05, 0.1) is 12.2 Å². The van der Waals surface area contributed by atoms with E-state index in [2.05, 4.69) is 12.2 Å². The number of likely N-dealkylation sites (N-methyl/N-ethyl adjacent to an activating group) is 1. The number of aliphatic hydroxyl groups is 1. The first-order chi connectivity index (χ1) is 9.51. The molecule has 0 unspecified atom stereocenters. The second kappa shape index (κ2) is 13.7. The summed E-state index contributed by atoms with van der Waals surface area (Å²) in [4.78, 5) is 12.5. The van der Waals surface area contributed by atoms with Gasteiger partial charge >= 0.3 is 5.97 Å². The monoisotopic (exact) mass is 318 g/mol. The first-order valence-electron chi connectivity index (χ1n) is 6.84. The molecule has 122 valence electrons. The largest absolute Gasteiger partial charge is 0.478 e. The molecule has 5 nitrogen and oxygen atoms in total. The van der Waals surface area contributed by atoms with E-state index >= 15 is 0 Å². The molecule has 0 aliphatic rings. The van der Waals surface area contributed by atoms with E-state index in [0.29, 0.717) is 5.56 Å². The number of rotatable bonds is 7.